The Morgan fingerprint density at radius 2 is 1.91 bits per heavy atom. The van der Waals surface area contributed by atoms with Crippen LogP contribution in [-0.2, 0) is 14.3 Å². The number of hydrogen-bond donors (Lipinski definition) is 2. The zero-order valence-electron chi connectivity index (χ0n) is 12.5. The molecular weight excluding hydrogens is 282 g/mol. The van der Waals surface area contributed by atoms with Crippen molar-refractivity contribution in [2.24, 2.45) is 5.92 Å². The Morgan fingerprint density at radius 3 is 2.64 bits per heavy atom. The highest BCUT2D eigenvalue weighted by Crippen LogP contribution is 2.29. The van der Waals surface area contributed by atoms with Gasteiger partial charge in [0.05, 0.1) is 31.1 Å². The van der Waals surface area contributed by atoms with Crippen molar-refractivity contribution in [3.8, 4) is 0 Å². The number of para-hydroxylation sites is 2. The quantitative estimate of drug-likeness (QED) is 0.851. The van der Waals surface area contributed by atoms with E-state index >= 15 is 0 Å². The second-order valence-electron chi connectivity index (χ2n) is 5.66. The number of carbonyl (C=O) groups is 2. The van der Waals surface area contributed by atoms with E-state index in [1.54, 1.807) is 0 Å². The first-order valence-corrected chi connectivity index (χ1v) is 7.73. The van der Waals surface area contributed by atoms with Gasteiger partial charge in [-0.25, -0.2) is 0 Å². The summed E-state index contributed by atoms with van der Waals surface area (Å²) in [5.74, 6) is -0.0974. The first-order chi connectivity index (χ1) is 10.7. The molecule has 2 amide bonds. The number of anilines is 2. The summed E-state index contributed by atoms with van der Waals surface area (Å²) in [5.41, 5.74) is 1.77. The van der Waals surface area contributed by atoms with Crippen molar-refractivity contribution in [2.45, 2.75) is 12.8 Å². The summed E-state index contributed by atoms with van der Waals surface area (Å²) in [6.07, 6.45) is 1.88. The number of morpholine rings is 1. The van der Waals surface area contributed by atoms with E-state index in [0.717, 1.165) is 37.3 Å². The van der Waals surface area contributed by atoms with E-state index in [9.17, 15) is 9.59 Å². The molecule has 1 aromatic carbocycles. The topological polar surface area (TPSA) is 70.7 Å². The maximum Gasteiger partial charge on any atom is 0.243 e. The van der Waals surface area contributed by atoms with Crippen molar-refractivity contribution in [1.82, 2.24) is 5.32 Å². The zero-order valence-corrected chi connectivity index (χ0v) is 12.5. The summed E-state index contributed by atoms with van der Waals surface area (Å²) in [4.78, 5) is 25.8. The van der Waals surface area contributed by atoms with E-state index in [4.69, 9.17) is 4.74 Å². The highest BCUT2D eigenvalue weighted by atomic mass is 16.5. The van der Waals surface area contributed by atoms with Gasteiger partial charge in [0.25, 0.3) is 0 Å². The maximum absolute atomic E-state index is 12.0. The molecule has 1 heterocycles. The fraction of sp³-hybridized carbons (Fsp3) is 0.500. The Hall–Kier alpha value is -2.08. The molecule has 2 fully saturated rings. The number of hydrogen-bond acceptors (Lipinski definition) is 4. The van der Waals surface area contributed by atoms with Gasteiger partial charge in [-0.3, -0.25) is 9.59 Å². The van der Waals surface area contributed by atoms with Gasteiger partial charge >= 0.3 is 0 Å². The van der Waals surface area contributed by atoms with Gasteiger partial charge in [-0.15, -0.1) is 0 Å². The monoisotopic (exact) mass is 303 g/mol. The largest absolute Gasteiger partial charge is 0.378 e. The Balaban J connectivity index is 1.58. The van der Waals surface area contributed by atoms with Gasteiger partial charge in [0.2, 0.25) is 11.8 Å². The van der Waals surface area contributed by atoms with Crippen LogP contribution in [0.1, 0.15) is 12.8 Å². The average Bonchev–Trinajstić information content (AvgIpc) is 3.39. The lowest BCUT2D eigenvalue weighted by molar-refractivity contribution is -0.125. The van der Waals surface area contributed by atoms with Gasteiger partial charge < -0.3 is 20.3 Å². The van der Waals surface area contributed by atoms with Crippen molar-refractivity contribution >= 4 is 23.2 Å². The Morgan fingerprint density at radius 1 is 1.18 bits per heavy atom. The highest BCUT2D eigenvalue weighted by Gasteiger charge is 2.29. The minimum absolute atomic E-state index is 0.0170. The number of benzene rings is 1. The third kappa shape index (κ3) is 3.76. The molecule has 1 aliphatic carbocycles. The smallest absolute Gasteiger partial charge is 0.243 e. The molecule has 2 N–H and O–H groups in total. The summed E-state index contributed by atoms with van der Waals surface area (Å²) < 4.78 is 5.36. The van der Waals surface area contributed by atoms with Gasteiger partial charge in [0.15, 0.2) is 0 Å². The number of amides is 2. The number of rotatable bonds is 5. The number of ether oxygens (including phenoxy) is 1. The third-order valence-electron chi connectivity index (χ3n) is 3.90. The molecular formula is C16H21N3O3. The molecule has 1 aliphatic heterocycles. The Bertz CT molecular complexity index is 551. The summed E-state index contributed by atoms with van der Waals surface area (Å²) in [6.45, 7) is 3.03. The molecule has 0 radical (unpaired) electrons. The van der Waals surface area contributed by atoms with Gasteiger partial charge in [-0.1, -0.05) is 12.1 Å². The van der Waals surface area contributed by atoms with Crippen LogP contribution in [0.4, 0.5) is 11.4 Å². The molecule has 0 aromatic heterocycles. The normalized spacial score (nSPS) is 17.9. The molecule has 0 bridgehead atoms. The second kappa shape index (κ2) is 6.79. The molecule has 6 nitrogen and oxygen atoms in total. The van der Waals surface area contributed by atoms with Crippen LogP contribution in [0.2, 0.25) is 0 Å². The zero-order chi connectivity index (χ0) is 15.4. The van der Waals surface area contributed by atoms with Crippen LogP contribution in [0.15, 0.2) is 24.3 Å². The predicted molar refractivity (Wildman–Crippen MR) is 83.8 cm³/mol. The van der Waals surface area contributed by atoms with Gasteiger partial charge in [0, 0.05) is 19.0 Å². The van der Waals surface area contributed by atoms with E-state index in [2.05, 4.69) is 15.5 Å². The van der Waals surface area contributed by atoms with Crippen molar-refractivity contribution in [2.75, 3.05) is 43.1 Å². The first kappa shape index (κ1) is 14.8. The third-order valence-corrected chi connectivity index (χ3v) is 3.90. The van der Waals surface area contributed by atoms with Crippen LogP contribution in [0.5, 0.6) is 0 Å². The lowest BCUT2D eigenvalue weighted by Gasteiger charge is -2.30. The molecule has 1 aromatic rings. The molecule has 0 unspecified atom stereocenters. The van der Waals surface area contributed by atoms with Crippen molar-refractivity contribution in [3.05, 3.63) is 24.3 Å². The van der Waals surface area contributed by atoms with E-state index in [0.29, 0.717) is 13.2 Å². The van der Waals surface area contributed by atoms with E-state index in [-0.39, 0.29) is 24.3 Å². The van der Waals surface area contributed by atoms with Crippen LogP contribution in [0.25, 0.3) is 0 Å². The molecule has 0 spiro atoms. The van der Waals surface area contributed by atoms with Crippen LogP contribution in [0.3, 0.4) is 0 Å². The Kier molecular flexibility index (Phi) is 4.58. The highest BCUT2D eigenvalue weighted by molar-refractivity contribution is 5.97. The fourth-order valence-corrected chi connectivity index (χ4v) is 2.51. The molecule has 1 saturated carbocycles. The van der Waals surface area contributed by atoms with Crippen molar-refractivity contribution < 1.29 is 14.3 Å². The lowest BCUT2D eigenvalue weighted by atomic mass is 10.2. The van der Waals surface area contributed by atoms with Gasteiger partial charge in [-0.2, -0.15) is 0 Å². The average molecular weight is 303 g/mol. The molecule has 118 valence electrons. The fourth-order valence-electron chi connectivity index (χ4n) is 2.51. The van der Waals surface area contributed by atoms with E-state index in [1.165, 1.54) is 0 Å². The molecule has 22 heavy (non-hydrogen) atoms. The summed E-state index contributed by atoms with van der Waals surface area (Å²) in [5, 5.41) is 5.57. The molecule has 3 rings (SSSR count). The number of nitrogens with zero attached hydrogens (tertiary/aromatic N) is 1. The molecule has 0 atom stereocenters. The number of nitrogens with one attached hydrogen (secondary N) is 2. The van der Waals surface area contributed by atoms with Crippen LogP contribution in [0, 0.1) is 5.92 Å². The molecule has 2 aliphatic rings. The first-order valence-electron chi connectivity index (χ1n) is 7.73. The van der Waals surface area contributed by atoms with Gasteiger partial charge in [-0.05, 0) is 25.0 Å². The van der Waals surface area contributed by atoms with Crippen molar-refractivity contribution in [3.63, 3.8) is 0 Å². The molecule has 1 saturated heterocycles. The summed E-state index contributed by atoms with van der Waals surface area (Å²) >= 11 is 0. The Labute approximate surface area is 129 Å². The second-order valence-corrected chi connectivity index (χ2v) is 5.66. The predicted octanol–water partition coefficient (Wildman–Crippen LogP) is 0.988. The maximum atomic E-state index is 12.0. The summed E-state index contributed by atoms with van der Waals surface area (Å²) in [6, 6.07) is 7.72. The van der Waals surface area contributed by atoms with Crippen LogP contribution < -0.4 is 15.5 Å². The summed E-state index contributed by atoms with van der Waals surface area (Å²) in [7, 11) is 0. The van der Waals surface area contributed by atoms with E-state index in [1.807, 2.05) is 24.3 Å². The van der Waals surface area contributed by atoms with Gasteiger partial charge in [0.1, 0.15) is 0 Å². The van der Waals surface area contributed by atoms with E-state index < -0.39 is 0 Å². The lowest BCUT2D eigenvalue weighted by Crippen LogP contribution is -2.37. The van der Waals surface area contributed by atoms with Crippen molar-refractivity contribution in [1.29, 1.82) is 0 Å². The standard InChI is InChI=1S/C16H21N3O3/c20-15(11-17-16(21)12-5-6-12)18-13-3-1-2-4-14(13)19-7-9-22-10-8-19/h1-4,12H,5-11H2,(H,17,21)(H,18,20). The number of carbonyl (C=O) groups excluding carboxylic acids is 2. The molecule has 6 heteroatoms. The minimum Gasteiger partial charge on any atom is -0.378 e. The van der Waals surface area contributed by atoms with Crippen LogP contribution >= 0.6 is 0 Å². The van der Waals surface area contributed by atoms with Crippen LogP contribution in [-0.4, -0.2) is 44.7 Å². The SMILES string of the molecule is O=C(CNC(=O)C1CC1)Nc1ccccc1N1CCOCC1. The minimum atomic E-state index is -0.199.